The molecule has 1 aliphatic carbocycles. The standard InChI is InChI=1S/C14H20BrNS/c1-2-10-3-6-12(7-4-10)17-14-8-5-11(15)9-13(14)16/h5,8-10,12H,2-4,6-7,16H2,1H3. The fraction of sp³-hybridized carbons (Fsp3) is 0.571. The van der Waals surface area contributed by atoms with Crippen molar-refractivity contribution in [2.45, 2.75) is 49.2 Å². The Labute approximate surface area is 117 Å². The van der Waals surface area contributed by atoms with E-state index in [0.717, 1.165) is 21.3 Å². The Morgan fingerprint density at radius 2 is 2.00 bits per heavy atom. The number of anilines is 1. The summed E-state index contributed by atoms with van der Waals surface area (Å²) < 4.78 is 1.06. The van der Waals surface area contributed by atoms with Gasteiger partial charge in [-0.2, -0.15) is 0 Å². The molecule has 0 amide bonds. The van der Waals surface area contributed by atoms with Crippen molar-refractivity contribution in [2.24, 2.45) is 5.92 Å². The summed E-state index contributed by atoms with van der Waals surface area (Å²) in [5.74, 6) is 0.967. The Bertz CT molecular complexity index is 372. The first kappa shape index (κ1) is 13.3. The molecule has 0 unspecified atom stereocenters. The normalized spacial score (nSPS) is 24.8. The van der Waals surface area contributed by atoms with E-state index in [2.05, 4.69) is 35.0 Å². The lowest BCUT2D eigenvalue weighted by atomic mass is 9.87. The largest absolute Gasteiger partial charge is 0.398 e. The number of thioether (sulfide) groups is 1. The summed E-state index contributed by atoms with van der Waals surface area (Å²) in [5.41, 5.74) is 6.95. The third-order valence-corrected chi connectivity index (χ3v) is 5.56. The van der Waals surface area contributed by atoms with Crippen LogP contribution < -0.4 is 5.73 Å². The molecule has 1 fully saturated rings. The monoisotopic (exact) mass is 313 g/mol. The van der Waals surface area contributed by atoms with Gasteiger partial charge in [0.2, 0.25) is 0 Å². The minimum absolute atomic E-state index is 0.765. The predicted octanol–water partition coefficient (Wildman–Crippen LogP) is 5.09. The minimum atomic E-state index is 0.765. The molecule has 2 rings (SSSR count). The van der Waals surface area contributed by atoms with Crippen LogP contribution in [0.1, 0.15) is 39.0 Å². The Balaban J connectivity index is 1.93. The molecule has 3 heteroatoms. The first-order valence-corrected chi connectivity index (χ1v) is 8.08. The number of nitrogens with two attached hydrogens (primary N) is 1. The zero-order valence-corrected chi connectivity index (χ0v) is 12.7. The van der Waals surface area contributed by atoms with Gasteiger partial charge < -0.3 is 5.73 Å². The molecule has 0 atom stereocenters. The molecule has 0 radical (unpaired) electrons. The molecule has 2 N–H and O–H groups in total. The highest BCUT2D eigenvalue weighted by Crippen LogP contribution is 2.39. The van der Waals surface area contributed by atoms with Gasteiger partial charge in [0.15, 0.2) is 0 Å². The summed E-state index contributed by atoms with van der Waals surface area (Å²) >= 11 is 5.42. The maximum absolute atomic E-state index is 6.04. The van der Waals surface area contributed by atoms with E-state index in [4.69, 9.17) is 5.73 Å². The second-order valence-corrected chi connectivity index (χ2v) is 7.11. The van der Waals surface area contributed by atoms with Gasteiger partial charge in [0.25, 0.3) is 0 Å². The quantitative estimate of drug-likeness (QED) is 0.786. The molecule has 17 heavy (non-hydrogen) atoms. The number of halogens is 1. The highest BCUT2D eigenvalue weighted by atomic mass is 79.9. The van der Waals surface area contributed by atoms with Gasteiger partial charge >= 0.3 is 0 Å². The summed E-state index contributed by atoms with van der Waals surface area (Å²) in [7, 11) is 0. The van der Waals surface area contributed by atoms with Gasteiger partial charge in [0.1, 0.15) is 0 Å². The van der Waals surface area contributed by atoms with Crippen molar-refractivity contribution in [3.05, 3.63) is 22.7 Å². The number of benzene rings is 1. The van der Waals surface area contributed by atoms with Crippen LogP contribution in [-0.4, -0.2) is 5.25 Å². The van der Waals surface area contributed by atoms with Gasteiger partial charge in [-0.1, -0.05) is 29.3 Å². The van der Waals surface area contributed by atoms with Crippen molar-refractivity contribution in [1.82, 2.24) is 0 Å². The van der Waals surface area contributed by atoms with E-state index >= 15 is 0 Å². The minimum Gasteiger partial charge on any atom is -0.398 e. The van der Waals surface area contributed by atoms with Gasteiger partial charge in [0, 0.05) is 20.3 Å². The number of nitrogen functional groups attached to an aromatic ring is 1. The fourth-order valence-electron chi connectivity index (χ4n) is 2.46. The topological polar surface area (TPSA) is 26.0 Å². The van der Waals surface area contributed by atoms with E-state index in [9.17, 15) is 0 Å². The maximum Gasteiger partial charge on any atom is 0.0463 e. The second kappa shape index (κ2) is 6.14. The van der Waals surface area contributed by atoms with Crippen LogP contribution >= 0.6 is 27.7 Å². The molecule has 1 aromatic rings. The smallest absolute Gasteiger partial charge is 0.0463 e. The molecule has 0 saturated heterocycles. The third kappa shape index (κ3) is 3.65. The molecule has 0 heterocycles. The first-order chi connectivity index (χ1) is 8.19. The van der Waals surface area contributed by atoms with Crippen LogP contribution in [0.2, 0.25) is 0 Å². The van der Waals surface area contributed by atoms with Crippen molar-refractivity contribution in [3.8, 4) is 0 Å². The first-order valence-electron chi connectivity index (χ1n) is 6.40. The molecule has 1 aromatic carbocycles. The molecule has 0 aliphatic heterocycles. The van der Waals surface area contributed by atoms with Crippen LogP contribution in [-0.2, 0) is 0 Å². The predicted molar refractivity (Wildman–Crippen MR) is 80.4 cm³/mol. The van der Waals surface area contributed by atoms with Crippen LogP contribution in [0.25, 0.3) is 0 Å². The van der Waals surface area contributed by atoms with Gasteiger partial charge in [-0.15, -0.1) is 11.8 Å². The van der Waals surface area contributed by atoms with E-state index in [1.807, 2.05) is 17.8 Å². The summed E-state index contributed by atoms with van der Waals surface area (Å²) in [6.07, 6.45) is 6.82. The summed E-state index contributed by atoms with van der Waals surface area (Å²) in [6.45, 7) is 2.31. The van der Waals surface area contributed by atoms with Crippen LogP contribution in [0.4, 0.5) is 5.69 Å². The van der Waals surface area contributed by atoms with Crippen LogP contribution in [0.15, 0.2) is 27.6 Å². The molecular formula is C14H20BrNS. The summed E-state index contributed by atoms with van der Waals surface area (Å²) in [4.78, 5) is 1.24. The second-order valence-electron chi connectivity index (χ2n) is 4.85. The number of rotatable bonds is 3. The highest BCUT2D eigenvalue weighted by Gasteiger charge is 2.21. The van der Waals surface area contributed by atoms with E-state index in [1.165, 1.54) is 37.0 Å². The SMILES string of the molecule is CCC1CCC(Sc2ccc(Br)cc2N)CC1. The van der Waals surface area contributed by atoms with Crippen molar-refractivity contribution in [1.29, 1.82) is 0 Å². The molecule has 0 spiro atoms. The van der Waals surface area contributed by atoms with E-state index < -0.39 is 0 Å². The average Bonchev–Trinajstić information content (AvgIpc) is 2.34. The van der Waals surface area contributed by atoms with Crippen molar-refractivity contribution in [2.75, 3.05) is 5.73 Å². The summed E-state index contributed by atoms with van der Waals surface area (Å²) in [5, 5.41) is 0.765. The number of hydrogen-bond donors (Lipinski definition) is 1. The lowest BCUT2D eigenvalue weighted by molar-refractivity contribution is 0.356. The zero-order chi connectivity index (χ0) is 12.3. The Morgan fingerprint density at radius 1 is 1.29 bits per heavy atom. The zero-order valence-electron chi connectivity index (χ0n) is 10.3. The van der Waals surface area contributed by atoms with E-state index in [0.29, 0.717) is 0 Å². The van der Waals surface area contributed by atoms with E-state index in [1.54, 1.807) is 0 Å². The molecule has 1 saturated carbocycles. The Kier molecular flexibility index (Phi) is 4.80. The average molecular weight is 314 g/mol. The van der Waals surface area contributed by atoms with Crippen molar-refractivity contribution in [3.63, 3.8) is 0 Å². The van der Waals surface area contributed by atoms with Gasteiger partial charge in [-0.3, -0.25) is 0 Å². The van der Waals surface area contributed by atoms with Crippen molar-refractivity contribution < 1.29 is 0 Å². The lowest BCUT2D eigenvalue weighted by Crippen LogP contribution is -2.15. The van der Waals surface area contributed by atoms with Gasteiger partial charge in [0.05, 0.1) is 0 Å². The van der Waals surface area contributed by atoms with E-state index in [-0.39, 0.29) is 0 Å². The molecule has 1 aliphatic rings. The van der Waals surface area contributed by atoms with Crippen LogP contribution in [0, 0.1) is 5.92 Å². The van der Waals surface area contributed by atoms with Crippen LogP contribution in [0.3, 0.4) is 0 Å². The van der Waals surface area contributed by atoms with Gasteiger partial charge in [-0.25, -0.2) is 0 Å². The number of hydrogen-bond acceptors (Lipinski definition) is 2. The molecule has 94 valence electrons. The molecule has 0 bridgehead atoms. The highest BCUT2D eigenvalue weighted by molar-refractivity contribution is 9.10. The summed E-state index contributed by atoms with van der Waals surface area (Å²) in [6, 6.07) is 6.21. The van der Waals surface area contributed by atoms with Crippen LogP contribution in [0.5, 0.6) is 0 Å². The Hall–Kier alpha value is -0.150. The Morgan fingerprint density at radius 3 is 2.59 bits per heavy atom. The lowest BCUT2D eigenvalue weighted by Gasteiger charge is -2.27. The maximum atomic E-state index is 6.04. The van der Waals surface area contributed by atoms with Gasteiger partial charge in [-0.05, 0) is 49.8 Å². The molecule has 0 aromatic heterocycles. The molecule has 1 nitrogen and oxygen atoms in total. The molecular weight excluding hydrogens is 294 g/mol. The third-order valence-electron chi connectivity index (χ3n) is 3.64. The fourth-order valence-corrected chi connectivity index (χ4v) is 4.05. The van der Waals surface area contributed by atoms with Crippen molar-refractivity contribution >= 4 is 33.4 Å².